The monoisotopic (exact) mass is 399 g/mol. The molecule has 1 amide bonds. The standard InChI is InChI=1S/C20H31F2N3O3/c1-18(2,3)15-14-13(8-10-24(15)17(27)28-19(4,5)6)23-25-11-12(26)7-9-20(21,22)16(14)25/h12,15,26H,7-11H2,1-6H3. The Morgan fingerprint density at radius 1 is 1.25 bits per heavy atom. The lowest BCUT2D eigenvalue weighted by Gasteiger charge is -2.43. The van der Waals surface area contributed by atoms with Crippen molar-refractivity contribution in [3.05, 3.63) is 17.0 Å². The Morgan fingerprint density at radius 3 is 2.46 bits per heavy atom. The highest BCUT2D eigenvalue weighted by molar-refractivity contribution is 5.70. The predicted molar refractivity (Wildman–Crippen MR) is 100 cm³/mol. The van der Waals surface area contributed by atoms with Crippen molar-refractivity contribution in [1.29, 1.82) is 0 Å². The van der Waals surface area contributed by atoms with Gasteiger partial charge in [0.25, 0.3) is 5.92 Å². The second-order valence-corrected chi connectivity index (χ2v) is 9.98. The number of aromatic nitrogens is 2. The average Bonchev–Trinajstić information content (AvgIpc) is 2.82. The van der Waals surface area contributed by atoms with Crippen LogP contribution in [0.15, 0.2) is 0 Å². The van der Waals surface area contributed by atoms with Crippen LogP contribution in [0.4, 0.5) is 13.6 Å². The molecule has 0 spiro atoms. The second-order valence-electron chi connectivity index (χ2n) is 9.98. The summed E-state index contributed by atoms with van der Waals surface area (Å²) in [5.41, 5.74) is -0.333. The molecule has 2 atom stereocenters. The number of carbonyl (C=O) groups is 1. The van der Waals surface area contributed by atoms with E-state index in [-0.39, 0.29) is 18.7 Å². The summed E-state index contributed by atoms with van der Waals surface area (Å²) in [6, 6.07) is -0.587. The van der Waals surface area contributed by atoms with Crippen LogP contribution in [0, 0.1) is 5.41 Å². The van der Waals surface area contributed by atoms with Crippen LogP contribution in [-0.2, 0) is 23.6 Å². The van der Waals surface area contributed by atoms with Gasteiger partial charge in [-0.25, -0.2) is 4.79 Å². The highest BCUT2D eigenvalue weighted by atomic mass is 19.3. The topological polar surface area (TPSA) is 67.6 Å². The molecule has 0 aromatic carbocycles. The molecule has 0 fully saturated rings. The Kier molecular flexibility index (Phi) is 5.01. The van der Waals surface area contributed by atoms with E-state index in [0.29, 0.717) is 24.2 Å². The Bertz CT molecular complexity index is 762. The van der Waals surface area contributed by atoms with Crippen LogP contribution in [0.25, 0.3) is 0 Å². The van der Waals surface area contributed by atoms with E-state index in [1.165, 1.54) is 4.68 Å². The number of aliphatic hydroxyl groups is 1. The number of carbonyl (C=O) groups excluding carboxylic acids is 1. The zero-order valence-electron chi connectivity index (χ0n) is 17.6. The van der Waals surface area contributed by atoms with Gasteiger partial charge in [-0.05, 0) is 32.6 Å². The first-order valence-corrected chi connectivity index (χ1v) is 9.86. The average molecular weight is 399 g/mol. The summed E-state index contributed by atoms with van der Waals surface area (Å²) in [4.78, 5) is 14.5. The van der Waals surface area contributed by atoms with Crippen molar-refractivity contribution in [3.8, 4) is 0 Å². The fraction of sp³-hybridized carbons (Fsp3) is 0.800. The minimum Gasteiger partial charge on any atom is -0.444 e. The molecule has 0 saturated heterocycles. The van der Waals surface area contributed by atoms with Crippen molar-refractivity contribution in [2.45, 2.75) is 91.0 Å². The van der Waals surface area contributed by atoms with Crippen molar-refractivity contribution in [3.63, 3.8) is 0 Å². The normalized spacial score (nSPS) is 25.0. The molecule has 2 aliphatic rings. The molecule has 1 aromatic rings. The summed E-state index contributed by atoms with van der Waals surface area (Å²) >= 11 is 0. The molecule has 158 valence electrons. The molecule has 2 unspecified atom stereocenters. The summed E-state index contributed by atoms with van der Waals surface area (Å²) < 4.78 is 37.0. The van der Waals surface area contributed by atoms with Crippen molar-refractivity contribution in [2.75, 3.05) is 6.54 Å². The van der Waals surface area contributed by atoms with Gasteiger partial charge < -0.3 is 14.7 Å². The number of amides is 1. The number of hydrogen-bond donors (Lipinski definition) is 1. The van der Waals surface area contributed by atoms with E-state index in [1.54, 1.807) is 25.7 Å². The molecule has 2 aliphatic heterocycles. The van der Waals surface area contributed by atoms with Crippen molar-refractivity contribution >= 4 is 6.09 Å². The van der Waals surface area contributed by atoms with Crippen LogP contribution in [0.2, 0.25) is 0 Å². The summed E-state index contributed by atoms with van der Waals surface area (Å²) in [7, 11) is 0. The molecular formula is C20H31F2N3O3. The van der Waals surface area contributed by atoms with E-state index >= 15 is 8.78 Å². The van der Waals surface area contributed by atoms with Crippen LogP contribution < -0.4 is 0 Å². The van der Waals surface area contributed by atoms with Gasteiger partial charge in [0.1, 0.15) is 11.3 Å². The van der Waals surface area contributed by atoms with Crippen molar-refractivity contribution in [1.82, 2.24) is 14.7 Å². The van der Waals surface area contributed by atoms with Crippen molar-refractivity contribution < 1.29 is 23.4 Å². The number of hydrogen-bond acceptors (Lipinski definition) is 4. The minimum atomic E-state index is -3.11. The third-order valence-corrected chi connectivity index (χ3v) is 5.21. The first-order chi connectivity index (χ1) is 12.7. The van der Waals surface area contributed by atoms with Gasteiger partial charge in [0, 0.05) is 24.9 Å². The van der Waals surface area contributed by atoms with E-state index in [2.05, 4.69) is 5.10 Å². The third kappa shape index (κ3) is 3.88. The highest BCUT2D eigenvalue weighted by Gasteiger charge is 2.50. The molecule has 0 aliphatic carbocycles. The quantitative estimate of drug-likeness (QED) is 0.716. The van der Waals surface area contributed by atoms with Crippen LogP contribution in [0.5, 0.6) is 0 Å². The summed E-state index contributed by atoms with van der Waals surface area (Å²) in [6.45, 7) is 11.5. The Labute approximate surface area is 164 Å². The van der Waals surface area contributed by atoms with Gasteiger partial charge in [0.15, 0.2) is 0 Å². The maximum absolute atomic E-state index is 15.1. The van der Waals surface area contributed by atoms with E-state index in [9.17, 15) is 9.90 Å². The summed E-state index contributed by atoms with van der Waals surface area (Å²) in [5, 5.41) is 14.5. The van der Waals surface area contributed by atoms with E-state index in [0.717, 1.165) is 0 Å². The zero-order chi connectivity index (χ0) is 21.1. The van der Waals surface area contributed by atoms with E-state index < -0.39 is 41.6 Å². The summed E-state index contributed by atoms with van der Waals surface area (Å²) in [5.74, 6) is -3.11. The Morgan fingerprint density at radius 2 is 1.89 bits per heavy atom. The molecule has 28 heavy (non-hydrogen) atoms. The summed E-state index contributed by atoms with van der Waals surface area (Å²) in [6.07, 6.45) is -1.40. The number of nitrogens with zero attached hydrogens (tertiary/aromatic N) is 3. The van der Waals surface area contributed by atoms with E-state index in [4.69, 9.17) is 4.74 Å². The molecule has 3 rings (SSSR count). The predicted octanol–water partition coefficient (Wildman–Crippen LogP) is 4.01. The van der Waals surface area contributed by atoms with Crippen LogP contribution >= 0.6 is 0 Å². The number of ether oxygens (including phenoxy) is 1. The number of halogens is 2. The lowest BCUT2D eigenvalue weighted by molar-refractivity contribution is -0.0297. The van der Waals surface area contributed by atoms with Crippen LogP contribution in [0.3, 0.4) is 0 Å². The smallest absolute Gasteiger partial charge is 0.410 e. The lowest BCUT2D eigenvalue weighted by Crippen LogP contribution is -2.47. The molecular weight excluding hydrogens is 368 g/mol. The molecule has 8 heteroatoms. The molecule has 0 radical (unpaired) electrons. The molecule has 1 aromatic heterocycles. The van der Waals surface area contributed by atoms with Gasteiger partial charge in [-0.3, -0.25) is 4.68 Å². The lowest BCUT2D eigenvalue weighted by atomic mass is 9.77. The molecule has 0 saturated carbocycles. The number of rotatable bonds is 0. The maximum atomic E-state index is 15.1. The molecule has 6 nitrogen and oxygen atoms in total. The molecule has 1 N–H and O–H groups in total. The van der Waals surface area contributed by atoms with Crippen molar-refractivity contribution in [2.24, 2.45) is 5.41 Å². The van der Waals surface area contributed by atoms with Crippen LogP contribution in [-0.4, -0.2) is 44.1 Å². The Hall–Kier alpha value is -1.70. The highest BCUT2D eigenvalue weighted by Crippen LogP contribution is 2.49. The number of aliphatic hydroxyl groups excluding tert-OH is 1. The van der Waals surface area contributed by atoms with Crippen LogP contribution in [0.1, 0.15) is 77.4 Å². The first-order valence-electron chi connectivity index (χ1n) is 9.86. The number of alkyl halides is 2. The fourth-order valence-corrected chi connectivity index (χ4v) is 4.20. The van der Waals surface area contributed by atoms with Gasteiger partial charge >= 0.3 is 6.09 Å². The minimum absolute atomic E-state index is 0.0150. The van der Waals surface area contributed by atoms with Gasteiger partial charge in [-0.15, -0.1) is 0 Å². The fourth-order valence-electron chi connectivity index (χ4n) is 4.20. The molecule has 0 bridgehead atoms. The van der Waals surface area contributed by atoms with E-state index in [1.807, 2.05) is 20.8 Å². The van der Waals surface area contributed by atoms with Gasteiger partial charge in [0.2, 0.25) is 0 Å². The molecule has 3 heterocycles. The zero-order valence-corrected chi connectivity index (χ0v) is 17.6. The largest absolute Gasteiger partial charge is 0.444 e. The third-order valence-electron chi connectivity index (χ3n) is 5.21. The second kappa shape index (κ2) is 6.68. The first kappa shape index (κ1) is 21.0. The van der Waals surface area contributed by atoms with Gasteiger partial charge in [-0.1, -0.05) is 20.8 Å². The number of fused-ring (bicyclic) bond motifs is 3. The maximum Gasteiger partial charge on any atom is 0.410 e. The Balaban J connectivity index is 2.13. The van der Waals surface area contributed by atoms with Gasteiger partial charge in [-0.2, -0.15) is 13.9 Å². The SMILES string of the molecule is CC(C)(C)OC(=O)N1CCc2nn3c(c2C1C(C)(C)C)C(F)(F)CCC(O)C3. The van der Waals surface area contributed by atoms with Gasteiger partial charge in [0.05, 0.1) is 24.4 Å².